The molecule has 1 aromatic heterocycles. The van der Waals surface area contributed by atoms with Gasteiger partial charge in [-0.05, 0) is 29.8 Å². The summed E-state index contributed by atoms with van der Waals surface area (Å²) in [5, 5.41) is 8.19. The van der Waals surface area contributed by atoms with E-state index in [1.807, 2.05) is 19.2 Å². The summed E-state index contributed by atoms with van der Waals surface area (Å²) in [6.45, 7) is 4.28. The van der Waals surface area contributed by atoms with E-state index in [1.165, 1.54) is 17.3 Å². The lowest BCUT2D eigenvalue weighted by Crippen LogP contribution is -2.24. The number of ketones is 1. The smallest absolute Gasteiger partial charge is 0.209 e. The highest BCUT2D eigenvalue weighted by atomic mass is 35.5. The van der Waals surface area contributed by atoms with Gasteiger partial charge in [0.05, 0.1) is 18.4 Å². The molecule has 1 aliphatic rings. The van der Waals surface area contributed by atoms with Crippen LogP contribution in [0.5, 0.6) is 5.75 Å². The van der Waals surface area contributed by atoms with Crippen molar-refractivity contribution >= 4 is 34.8 Å². The number of para-hydroxylation sites is 1. The Kier molecular flexibility index (Phi) is 5.81. The van der Waals surface area contributed by atoms with Crippen LogP contribution in [0.2, 0.25) is 5.02 Å². The van der Waals surface area contributed by atoms with Crippen molar-refractivity contribution in [3.63, 3.8) is 0 Å². The highest BCUT2D eigenvalue weighted by Crippen LogP contribution is 2.46. The van der Waals surface area contributed by atoms with E-state index in [2.05, 4.69) is 46.1 Å². The van der Waals surface area contributed by atoms with Gasteiger partial charge in [-0.3, -0.25) is 9.89 Å². The molecule has 0 unspecified atom stereocenters. The molecule has 2 heterocycles. The van der Waals surface area contributed by atoms with E-state index in [4.69, 9.17) is 16.3 Å². The first-order valence-electron chi connectivity index (χ1n) is 9.78. The predicted molar refractivity (Wildman–Crippen MR) is 125 cm³/mol. The van der Waals surface area contributed by atoms with Crippen LogP contribution in [-0.4, -0.2) is 40.9 Å². The lowest BCUT2D eigenvalue weighted by molar-refractivity contribution is -0.112. The molecule has 0 amide bonds. The zero-order chi connectivity index (χ0) is 22.2. The number of fused-ring (bicyclic) bond motifs is 1. The van der Waals surface area contributed by atoms with Crippen LogP contribution in [0.3, 0.4) is 0 Å². The number of rotatable bonds is 6. The number of thioether (sulfide) groups is 1. The summed E-state index contributed by atoms with van der Waals surface area (Å²) in [5.41, 5.74) is 3.83. The molecule has 2 aromatic carbocycles. The van der Waals surface area contributed by atoms with E-state index in [0.29, 0.717) is 21.8 Å². The van der Waals surface area contributed by atoms with Crippen LogP contribution in [0.1, 0.15) is 19.4 Å². The first kappa shape index (κ1) is 21.5. The number of nitrogens with one attached hydrogen (secondary N) is 1. The number of benzene rings is 2. The number of aromatic nitrogens is 3. The molecule has 4 rings (SSSR count). The summed E-state index contributed by atoms with van der Waals surface area (Å²) < 4.78 is 5.37. The van der Waals surface area contributed by atoms with E-state index >= 15 is 0 Å². The first-order chi connectivity index (χ1) is 14.8. The number of nitrogens with zero attached hydrogens (tertiary/aromatic N) is 3. The maximum Gasteiger partial charge on any atom is 0.209 e. The van der Waals surface area contributed by atoms with Crippen LogP contribution in [-0.2, 0) is 10.2 Å². The highest BCUT2D eigenvalue weighted by molar-refractivity contribution is 7.99. The van der Waals surface area contributed by atoms with E-state index in [9.17, 15) is 4.79 Å². The third-order valence-electron chi connectivity index (χ3n) is 5.46. The minimum Gasteiger partial charge on any atom is -0.496 e. The number of likely N-dealkylation sites (N-methyl/N-ethyl adjacent to an activating group) is 1. The van der Waals surface area contributed by atoms with Crippen molar-refractivity contribution < 1.29 is 9.53 Å². The molecule has 0 spiro atoms. The zero-order valence-corrected chi connectivity index (χ0v) is 19.3. The van der Waals surface area contributed by atoms with Crippen LogP contribution in [0.25, 0.3) is 11.4 Å². The fraction of sp³-hybridized carbons (Fsp3) is 0.261. The SMILES string of the molecule is COc1ccc(Cl)cc1-c1nc(SCC(=O)/C=C2/N(C)c3ccccc3C2(C)C)n[nH]1. The molecular weight excluding hydrogens is 432 g/mol. The van der Waals surface area contributed by atoms with Gasteiger partial charge in [-0.1, -0.05) is 55.4 Å². The summed E-state index contributed by atoms with van der Waals surface area (Å²) in [5.74, 6) is 1.44. The topological polar surface area (TPSA) is 71.1 Å². The van der Waals surface area contributed by atoms with E-state index in [0.717, 1.165) is 16.9 Å². The van der Waals surface area contributed by atoms with E-state index < -0.39 is 0 Å². The number of methoxy groups -OCH3 is 1. The molecule has 0 saturated carbocycles. The molecule has 1 N–H and O–H groups in total. The van der Waals surface area contributed by atoms with Crippen LogP contribution in [0.4, 0.5) is 5.69 Å². The Morgan fingerprint density at radius 2 is 2.06 bits per heavy atom. The molecule has 1 aliphatic heterocycles. The number of halogens is 1. The normalized spacial score (nSPS) is 15.9. The van der Waals surface area contributed by atoms with E-state index in [-0.39, 0.29) is 17.0 Å². The Morgan fingerprint density at radius 1 is 1.29 bits per heavy atom. The maximum absolute atomic E-state index is 12.8. The predicted octanol–water partition coefficient (Wildman–Crippen LogP) is 5.11. The maximum atomic E-state index is 12.8. The summed E-state index contributed by atoms with van der Waals surface area (Å²) in [7, 11) is 3.59. The third kappa shape index (κ3) is 4.07. The van der Waals surface area contributed by atoms with Crippen molar-refractivity contribution in [2.45, 2.75) is 24.4 Å². The number of hydrogen-bond acceptors (Lipinski definition) is 6. The molecule has 0 saturated heterocycles. The quantitative estimate of drug-likeness (QED) is 0.412. The fourth-order valence-corrected chi connectivity index (χ4v) is 4.68. The number of ether oxygens (including phenoxy) is 1. The summed E-state index contributed by atoms with van der Waals surface area (Å²) >= 11 is 7.40. The van der Waals surface area contributed by atoms with Gasteiger partial charge in [-0.15, -0.1) is 5.10 Å². The molecular formula is C23H23ClN4O2S. The molecule has 3 aromatic rings. The van der Waals surface area contributed by atoms with Crippen molar-refractivity contribution in [3.8, 4) is 17.1 Å². The number of anilines is 1. The second kappa shape index (κ2) is 8.40. The highest BCUT2D eigenvalue weighted by Gasteiger charge is 2.38. The number of carbonyl (C=O) groups excluding carboxylic acids is 1. The molecule has 0 radical (unpaired) electrons. The fourth-order valence-electron chi connectivity index (χ4n) is 3.89. The Balaban J connectivity index is 1.48. The van der Waals surface area contributed by atoms with Crippen LogP contribution in [0.15, 0.2) is 59.4 Å². The van der Waals surface area contributed by atoms with Crippen molar-refractivity contribution in [3.05, 3.63) is 64.8 Å². The van der Waals surface area contributed by atoms with Gasteiger partial charge in [-0.25, -0.2) is 4.98 Å². The van der Waals surface area contributed by atoms with Gasteiger partial charge >= 0.3 is 0 Å². The Labute approximate surface area is 190 Å². The molecule has 0 aliphatic carbocycles. The van der Waals surface area contributed by atoms with Crippen molar-refractivity contribution in [1.82, 2.24) is 15.2 Å². The van der Waals surface area contributed by atoms with Gasteiger partial charge in [0.1, 0.15) is 5.75 Å². The molecule has 6 nitrogen and oxygen atoms in total. The van der Waals surface area contributed by atoms with Crippen LogP contribution in [0, 0.1) is 0 Å². The van der Waals surface area contributed by atoms with Gasteiger partial charge in [0.2, 0.25) is 5.16 Å². The summed E-state index contributed by atoms with van der Waals surface area (Å²) in [4.78, 5) is 19.3. The lowest BCUT2D eigenvalue weighted by atomic mass is 9.83. The zero-order valence-electron chi connectivity index (χ0n) is 17.8. The van der Waals surface area contributed by atoms with Gasteiger partial charge in [0.25, 0.3) is 0 Å². The van der Waals surface area contributed by atoms with Crippen LogP contribution < -0.4 is 9.64 Å². The summed E-state index contributed by atoms with van der Waals surface area (Å²) in [6, 6.07) is 13.5. The number of aromatic amines is 1. The van der Waals surface area contributed by atoms with Crippen molar-refractivity contribution in [1.29, 1.82) is 0 Å². The Morgan fingerprint density at radius 3 is 2.81 bits per heavy atom. The monoisotopic (exact) mass is 454 g/mol. The number of H-pyrrole nitrogens is 1. The second-order valence-corrected chi connectivity index (χ2v) is 9.18. The minimum absolute atomic E-state index is 0.0133. The minimum atomic E-state index is -0.230. The largest absolute Gasteiger partial charge is 0.496 e. The average molecular weight is 455 g/mol. The Bertz CT molecular complexity index is 1170. The molecule has 0 fully saturated rings. The molecule has 160 valence electrons. The van der Waals surface area contributed by atoms with Gasteiger partial charge in [0.15, 0.2) is 11.6 Å². The average Bonchev–Trinajstić information content (AvgIpc) is 3.30. The van der Waals surface area contributed by atoms with Crippen molar-refractivity contribution in [2.75, 3.05) is 24.8 Å². The number of carbonyl (C=O) groups is 1. The van der Waals surface area contributed by atoms with E-state index in [1.54, 1.807) is 31.4 Å². The third-order valence-corrected chi connectivity index (χ3v) is 6.57. The van der Waals surface area contributed by atoms with Gasteiger partial charge in [-0.2, -0.15) is 0 Å². The second-order valence-electron chi connectivity index (χ2n) is 7.80. The molecule has 31 heavy (non-hydrogen) atoms. The molecule has 8 heteroatoms. The van der Waals surface area contributed by atoms with Gasteiger partial charge in [0, 0.05) is 34.9 Å². The number of hydrogen-bond donors (Lipinski definition) is 1. The molecule has 0 atom stereocenters. The Hall–Kier alpha value is -2.77. The van der Waals surface area contributed by atoms with Crippen LogP contribution >= 0.6 is 23.4 Å². The first-order valence-corrected chi connectivity index (χ1v) is 11.1. The lowest BCUT2D eigenvalue weighted by Gasteiger charge is -2.23. The molecule has 0 bridgehead atoms. The summed E-state index contributed by atoms with van der Waals surface area (Å²) in [6.07, 6.45) is 1.74. The van der Waals surface area contributed by atoms with Gasteiger partial charge < -0.3 is 9.64 Å². The van der Waals surface area contributed by atoms with Crippen molar-refractivity contribution in [2.24, 2.45) is 0 Å². The number of allylic oxidation sites excluding steroid dienone is 2. The standard InChI is InChI=1S/C23H23ClN4O2S/c1-23(2)17-7-5-6-8-18(17)28(3)20(23)12-15(29)13-31-22-25-21(26-27-22)16-11-14(24)9-10-19(16)30-4/h5-12H,13H2,1-4H3,(H,25,26,27)/b20-12+.